The first-order valence-corrected chi connectivity index (χ1v) is 9.53. The Bertz CT molecular complexity index is 566. The lowest BCUT2D eigenvalue weighted by Crippen LogP contribution is -2.51. The van der Waals surface area contributed by atoms with Gasteiger partial charge in [-0.3, -0.25) is 0 Å². The van der Waals surface area contributed by atoms with Gasteiger partial charge in [-0.05, 0) is 63.5 Å². The number of piperidine rings is 1. The van der Waals surface area contributed by atoms with Crippen molar-refractivity contribution in [2.45, 2.75) is 51.5 Å². The molecule has 1 aliphatic carbocycles. The van der Waals surface area contributed by atoms with Crippen molar-refractivity contribution >= 4 is 11.9 Å². The smallest absolute Gasteiger partial charge is 0.230 e. The minimum absolute atomic E-state index is 0.524. The fourth-order valence-corrected chi connectivity index (χ4v) is 4.56. The fourth-order valence-electron chi connectivity index (χ4n) is 4.56. The van der Waals surface area contributed by atoms with E-state index in [1.54, 1.807) is 6.33 Å². The summed E-state index contributed by atoms with van der Waals surface area (Å²) in [6.45, 7) is 6.68. The van der Waals surface area contributed by atoms with Gasteiger partial charge in [0.2, 0.25) is 11.9 Å². The molecular weight excluding hydrogens is 300 g/mol. The summed E-state index contributed by atoms with van der Waals surface area (Å²) in [6.07, 6.45) is 9.71. The lowest BCUT2D eigenvalue weighted by atomic mass is 9.63. The lowest BCUT2D eigenvalue weighted by molar-refractivity contribution is 0.0955. The van der Waals surface area contributed by atoms with Crippen LogP contribution in [-0.2, 0) is 0 Å². The van der Waals surface area contributed by atoms with E-state index in [1.807, 2.05) is 0 Å². The van der Waals surface area contributed by atoms with Gasteiger partial charge in [0.1, 0.15) is 6.33 Å². The highest BCUT2D eigenvalue weighted by Gasteiger charge is 2.43. The molecule has 0 bridgehead atoms. The first-order valence-electron chi connectivity index (χ1n) is 9.53. The van der Waals surface area contributed by atoms with E-state index in [9.17, 15) is 0 Å². The first-order chi connectivity index (χ1) is 11.7. The van der Waals surface area contributed by atoms with Crippen molar-refractivity contribution in [2.75, 3.05) is 43.0 Å². The van der Waals surface area contributed by atoms with Gasteiger partial charge in [-0.25, -0.2) is 9.97 Å². The van der Waals surface area contributed by atoms with E-state index in [4.69, 9.17) is 4.98 Å². The molecule has 0 radical (unpaired) electrons. The SMILES string of the molecule is CC1CCC2(CCC2)CN1c1ncnc(N(C)CC2CCNC2)n1. The number of nitrogens with one attached hydrogen (secondary N) is 1. The molecule has 1 aromatic rings. The van der Waals surface area contributed by atoms with Crippen molar-refractivity contribution in [2.24, 2.45) is 11.3 Å². The molecule has 6 nitrogen and oxygen atoms in total. The maximum Gasteiger partial charge on any atom is 0.230 e. The average molecular weight is 330 g/mol. The Hall–Kier alpha value is -1.43. The predicted octanol–water partition coefficient (Wildman–Crippen LogP) is 2.08. The van der Waals surface area contributed by atoms with Gasteiger partial charge >= 0.3 is 0 Å². The van der Waals surface area contributed by atoms with Crippen molar-refractivity contribution in [3.63, 3.8) is 0 Å². The molecule has 3 heterocycles. The number of hydrogen-bond acceptors (Lipinski definition) is 6. The molecule has 132 valence electrons. The van der Waals surface area contributed by atoms with E-state index >= 15 is 0 Å². The van der Waals surface area contributed by atoms with E-state index in [2.05, 4.69) is 39.1 Å². The second kappa shape index (κ2) is 6.47. The number of rotatable bonds is 4. The molecule has 1 spiro atoms. The standard InChI is InChI=1S/C18H30N6/c1-14-4-8-18(6-3-7-18)12-24(14)17-21-13-20-16(22-17)23(2)11-15-5-9-19-10-15/h13-15,19H,3-12H2,1-2H3. The summed E-state index contributed by atoms with van der Waals surface area (Å²) in [5.41, 5.74) is 0.542. The molecule has 1 aromatic heterocycles. The molecule has 1 saturated carbocycles. The summed E-state index contributed by atoms with van der Waals surface area (Å²) in [7, 11) is 2.10. The van der Waals surface area contributed by atoms with Gasteiger partial charge in [0.15, 0.2) is 0 Å². The summed E-state index contributed by atoms with van der Waals surface area (Å²) in [5, 5.41) is 3.43. The second-order valence-electron chi connectivity index (χ2n) is 8.19. The van der Waals surface area contributed by atoms with Crippen molar-refractivity contribution in [3.05, 3.63) is 6.33 Å². The number of anilines is 2. The van der Waals surface area contributed by atoms with Crippen LogP contribution in [0, 0.1) is 11.3 Å². The molecule has 2 saturated heterocycles. The van der Waals surface area contributed by atoms with Crippen LogP contribution in [-0.4, -0.2) is 54.2 Å². The van der Waals surface area contributed by atoms with Crippen molar-refractivity contribution in [1.29, 1.82) is 0 Å². The van der Waals surface area contributed by atoms with Crippen LogP contribution >= 0.6 is 0 Å². The van der Waals surface area contributed by atoms with Crippen LogP contribution in [0.4, 0.5) is 11.9 Å². The van der Waals surface area contributed by atoms with Crippen LogP contribution in [0.2, 0.25) is 0 Å². The zero-order valence-corrected chi connectivity index (χ0v) is 15.0. The molecule has 2 atom stereocenters. The van der Waals surface area contributed by atoms with E-state index in [-0.39, 0.29) is 0 Å². The van der Waals surface area contributed by atoms with Gasteiger partial charge in [0.05, 0.1) is 0 Å². The van der Waals surface area contributed by atoms with E-state index in [1.165, 1.54) is 38.5 Å². The van der Waals surface area contributed by atoms with Crippen LogP contribution < -0.4 is 15.1 Å². The van der Waals surface area contributed by atoms with E-state index < -0.39 is 0 Å². The Morgan fingerprint density at radius 2 is 2.17 bits per heavy atom. The minimum Gasteiger partial charge on any atom is -0.343 e. The zero-order chi connectivity index (χ0) is 16.6. The third-order valence-corrected chi connectivity index (χ3v) is 6.38. The molecule has 24 heavy (non-hydrogen) atoms. The van der Waals surface area contributed by atoms with Gasteiger partial charge in [0, 0.05) is 26.2 Å². The maximum atomic E-state index is 4.82. The Kier molecular flexibility index (Phi) is 4.33. The topological polar surface area (TPSA) is 57.2 Å². The van der Waals surface area contributed by atoms with E-state index in [0.29, 0.717) is 17.4 Å². The van der Waals surface area contributed by atoms with Gasteiger partial charge < -0.3 is 15.1 Å². The normalized spacial score (nSPS) is 28.8. The number of nitrogens with zero attached hydrogens (tertiary/aromatic N) is 5. The molecule has 3 aliphatic rings. The predicted molar refractivity (Wildman–Crippen MR) is 96.4 cm³/mol. The fraction of sp³-hybridized carbons (Fsp3) is 0.833. The highest BCUT2D eigenvalue weighted by Crippen LogP contribution is 2.49. The van der Waals surface area contributed by atoms with Crippen LogP contribution in [0.5, 0.6) is 0 Å². The van der Waals surface area contributed by atoms with Gasteiger partial charge in [0.25, 0.3) is 0 Å². The molecular formula is C18H30N6. The van der Waals surface area contributed by atoms with Crippen LogP contribution in [0.15, 0.2) is 6.33 Å². The summed E-state index contributed by atoms with van der Waals surface area (Å²) >= 11 is 0. The Morgan fingerprint density at radius 3 is 2.88 bits per heavy atom. The van der Waals surface area contributed by atoms with Gasteiger partial charge in [-0.15, -0.1) is 0 Å². The summed E-state index contributed by atoms with van der Waals surface area (Å²) < 4.78 is 0. The number of aromatic nitrogens is 3. The number of hydrogen-bond donors (Lipinski definition) is 1. The Morgan fingerprint density at radius 1 is 1.29 bits per heavy atom. The lowest BCUT2D eigenvalue weighted by Gasteiger charge is -2.51. The molecule has 4 rings (SSSR count). The molecule has 0 amide bonds. The molecule has 0 aromatic carbocycles. The maximum absolute atomic E-state index is 4.82. The summed E-state index contributed by atoms with van der Waals surface area (Å²) in [4.78, 5) is 18.4. The Balaban J connectivity index is 1.48. The monoisotopic (exact) mass is 330 g/mol. The third kappa shape index (κ3) is 3.08. The van der Waals surface area contributed by atoms with Crippen molar-refractivity contribution < 1.29 is 0 Å². The largest absolute Gasteiger partial charge is 0.343 e. The first kappa shape index (κ1) is 16.1. The van der Waals surface area contributed by atoms with Crippen LogP contribution in [0.3, 0.4) is 0 Å². The second-order valence-corrected chi connectivity index (χ2v) is 8.19. The van der Waals surface area contributed by atoms with E-state index in [0.717, 1.165) is 38.1 Å². The average Bonchev–Trinajstić information content (AvgIpc) is 3.07. The van der Waals surface area contributed by atoms with Crippen molar-refractivity contribution in [1.82, 2.24) is 20.3 Å². The quantitative estimate of drug-likeness (QED) is 0.912. The highest BCUT2D eigenvalue weighted by atomic mass is 15.3. The van der Waals surface area contributed by atoms with Gasteiger partial charge in [-0.2, -0.15) is 4.98 Å². The molecule has 2 aliphatic heterocycles. The zero-order valence-electron chi connectivity index (χ0n) is 15.0. The molecule has 6 heteroatoms. The van der Waals surface area contributed by atoms with Crippen LogP contribution in [0.25, 0.3) is 0 Å². The molecule has 2 unspecified atom stereocenters. The molecule has 3 fully saturated rings. The summed E-state index contributed by atoms with van der Waals surface area (Å²) in [6, 6.07) is 0.524. The molecule has 1 N–H and O–H groups in total. The van der Waals surface area contributed by atoms with Crippen LogP contribution in [0.1, 0.15) is 45.4 Å². The van der Waals surface area contributed by atoms with Crippen molar-refractivity contribution in [3.8, 4) is 0 Å². The Labute approximate surface area is 145 Å². The highest BCUT2D eigenvalue weighted by molar-refractivity contribution is 5.39. The van der Waals surface area contributed by atoms with Gasteiger partial charge in [-0.1, -0.05) is 6.42 Å². The summed E-state index contributed by atoms with van der Waals surface area (Å²) in [5.74, 6) is 2.38. The minimum atomic E-state index is 0.524. The third-order valence-electron chi connectivity index (χ3n) is 6.38.